The van der Waals surface area contributed by atoms with Gasteiger partial charge in [-0.15, -0.1) is 6.58 Å². The van der Waals surface area contributed by atoms with Crippen molar-refractivity contribution in [2.75, 3.05) is 7.11 Å². The van der Waals surface area contributed by atoms with E-state index in [-0.39, 0.29) is 5.82 Å². The molecule has 0 amide bonds. The summed E-state index contributed by atoms with van der Waals surface area (Å²) in [6.07, 6.45) is 9.80. The third kappa shape index (κ3) is 4.82. The Balaban J connectivity index is 1.57. The van der Waals surface area contributed by atoms with Gasteiger partial charge in [0.25, 0.3) is 0 Å². The van der Waals surface area contributed by atoms with Crippen molar-refractivity contribution < 1.29 is 9.13 Å². The van der Waals surface area contributed by atoms with Crippen molar-refractivity contribution in [3.8, 4) is 11.1 Å². The molecule has 1 fully saturated rings. The standard InChI is InChI=1S/C24H29FO/c1-3-18-4-6-19(7-5-18)8-9-20-10-12-21(13-11-20)22-14-15-23(17-26-2)24(25)16-22/h3,10-16,18-19H,1,4-9,17H2,2H3. The maximum Gasteiger partial charge on any atom is 0.129 e. The summed E-state index contributed by atoms with van der Waals surface area (Å²) in [6, 6.07) is 14.0. The summed E-state index contributed by atoms with van der Waals surface area (Å²) in [6.45, 7) is 4.23. The zero-order valence-electron chi connectivity index (χ0n) is 15.7. The van der Waals surface area contributed by atoms with Crippen LogP contribution in [0.5, 0.6) is 0 Å². The van der Waals surface area contributed by atoms with Crippen LogP contribution >= 0.6 is 0 Å². The van der Waals surface area contributed by atoms with E-state index in [1.165, 1.54) is 37.7 Å². The van der Waals surface area contributed by atoms with Crippen molar-refractivity contribution in [1.82, 2.24) is 0 Å². The summed E-state index contributed by atoms with van der Waals surface area (Å²) in [5.41, 5.74) is 3.94. The minimum atomic E-state index is -0.205. The molecule has 2 heteroatoms. The highest BCUT2D eigenvalue weighted by atomic mass is 19.1. The molecule has 0 unspecified atom stereocenters. The molecule has 0 spiro atoms. The first-order valence-corrected chi connectivity index (χ1v) is 9.69. The van der Waals surface area contributed by atoms with E-state index in [4.69, 9.17) is 4.74 Å². The number of allylic oxidation sites excluding steroid dienone is 1. The molecule has 0 aliphatic heterocycles. The fourth-order valence-electron chi connectivity index (χ4n) is 3.95. The highest BCUT2D eigenvalue weighted by molar-refractivity contribution is 5.64. The van der Waals surface area contributed by atoms with E-state index in [0.717, 1.165) is 29.4 Å². The lowest BCUT2D eigenvalue weighted by Crippen LogP contribution is -2.13. The number of hydrogen-bond acceptors (Lipinski definition) is 1. The number of ether oxygens (including phenoxy) is 1. The third-order valence-corrected chi connectivity index (χ3v) is 5.71. The van der Waals surface area contributed by atoms with Gasteiger partial charge in [-0.2, -0.15) is 0 Å². The molecule has 0 aromatic heterocycles. The van der Waals surface area contributed by atoms with Crippen LogP contribution in [-0.2, 0) is 17.8 Å². The molecule has 0 atom stereocenters. The highest BCUT2D eigenvalue weighted by Crippen LogP contribution is 2.32. The SMILES string of the molecule is C=CC1CCC(CCc2ccc(-c3ccc(COC)c(F)c3)cc2)CC1. The largest absolute Gasteiger partial charge is 0.380 e. The van der Waals surface area contributed by atoms with Crippen molar-refractivity contribution in [1.29, 1.82) is 0 Å². The molecule has 26 heavy (non-hydrogen) atoms. The van der Waals surface area contributed by atoms with Gasteiger partial charge in [0.1, 0.15) is 5.82 Å². The fraction of sp³-hybridized carbons (Fsp3) is 0.417. The molecule has 0 bridgehead atoms. The van der Waals surface area contributed by atoms with Crippen LogP contribution in [0.1, 0.15) is 43.2 Å². The lowest BCUT2D eigenvalue weighted by atomic mass is 9.79. The Kier molecular flexibility index (Phi) is 6.62. The van der Waals surface area contributed by atoms with Crippen LogP contribution < -0.4 is 0 Å². The number of benzene rings is 2. The monoisotopic (exact) mass is 352 g/mol. The normalized spacial score (nSPS) is 20.1. The molecule has 0 N–H and O–H groups in total. The van der Waals surface area contributed by atoms with Gasteiger partial charge >= 0.3 is 0 Å². The Morgan fingerprint density at radius 3 is 2.35 bits per heavy atom. The quantitative estimate of drug-likeness (QED) is 0.512. The number of rotatable bonds is 7. The van der Waals surface area contributed by atoms with Crippen molar-refractivity contribution in [2.45, 2.75) is 45.1 Å². The van der Waals surface area contributed by atoms with Crippen LogP contribution in [0.2, 0.25) is 0 Å². The van der Waals surface area contributed by atoms with E-state index < -0.39 is 0 Å². The second-order valence-corrected chi connectivity index (χ2v) is 7.49. The maximum absolute atomic E-state index is 14.1. The molecule has 0 heterocycles. The summed E-state index contributed by atoms with van der Waals surface area (Å²) in [5, 5.41) is 0. The average molecular weight is 352 g/mol. The van der Waals surface area contributed by atoms with Gasteiger partial charge in [0, 0.05) is 12.7 Å². The molecule has 3 rings (SSSR count). The van der Waals surface area contributed by atoms with E-state index >= 15 is 0 Å². The molecule has 2 aromatic rings. The summed E-state index contributed by atoms with van der Waals surface area (Å²) in [5.74, 6) is 1.39. The predicted octanol–water partition coefficient (Wildman–Crippen LogP) is 6.56. The lowest BCUT2D eigenvalue weighted by molar-refractivity contribution is 0.181. The van der Waals surface area contributed by atoms with Crippen molar-refractivity contribution in [3.05, 3.63) is 72.1 Å². The second kappa shape index (κ2) is 9.14. The van der Waals surface area contributed by atoms with Crippen LogP contribution in [0, 0.1) is 17.7 Å². The van der Waals surface area contributed by atoms with Crippen molar-refractivity contribution in [2.24, 2.45) is 11.8 Å². The van der Waals surface area contributed by atoms with E-state index in [1.807, 2.05) is 12.1 Å². The minimum Gasteiger partial charge on any atom is -0.380 e. The van der Waals surface area contributed by atoms with Crippen LogP contribution in [-0.4, -0.2) is 7.11 Å². The van der Waals surface area contributed by atoms with Crippen LogP contribution in [0.4, 0.5) is 4.39 Å². The Labute approximate surface area is 156 Å². The van der Waals surface area contributed by atoms with E-state index in [9.17, 15) is 4.39 Å². The molecule has 138 valence electrons. The number of methoxy groups -OCH3 is 1. The summed E-state index contributed by atoms with van der Waals surface area (Å²) < 4.78 is 19.1. The van der Waals surface area contributed by atoms with Gasteiger partial charge in [-0.1, -0.05) is 42.5 Å². The molecular formula is C24H29FO. The highest BCUT2D eigenvalue weighted by Gasteiger charge is 2.18. The molecule has 2 aromatic carbocycles. The minimum absolute atomic E-state index is 0.205. The molecular weight excluding hydrogens is 323 g/mol. The average Bonchev–Trinajstić information content (AvgIpc) is 2.69. The zero-order chi connectivity index (χ0) is 18.4. The lowest BCUT2D eigenvalue weighted by Gasteiger charge is -2.26. The smallest absolute Gasteiger partial charge is 0.129 e. The predicted molar refractivity (Wildman–Crippen MR) is 107 cm³/mol. The molecule has 1 saturated carbocycles. The van der Waals surface area contributed by atoms with Crippen LogP contribution in [0.3, 0.4) is 0 Å². The van der Waals surface area contributed by atoms with Crippen LogP contribution in [0.15, 0.2) is 55.1 Å². The summed E-state index contributed by atoms with van der Waals surface area (Å²) in [4.78, 5) is 0. The molecule has 1 aliphatic rings. The number of hydrogen-bond donors (Lipinski definition) is 0. The first kappa shape index (κ1) is 18.8. The molecule has 0 saturated heterocycles. The Morgan fingerprint density at radius 1 is 1.04 bits per heavy atom. The first-order valence-electron chi connectivity index (χ1n) is 9.69. The van der Waals surface area contributed by atoms with E-state index in [1.54, 1.807) is 13.2 Å². The fourth-order valence-corrected chi connectivity index (χ4v) is 3.95. The van der Waals surface area contributed by atoms with Crippen molar-refractivity contribution in [3.63, 3.8) is 0 Å². The van der Waals surface area contributed by atoms with Gasteiger partial charge in [-0.3, -0.25) is 0 Å². The van der Waals surface area contributed by atoms with Gasteiger partial charge in [0.15, 0.2) is 0 Å². The maximum atomic E-state index is 14.1. The third-order valence-electron chi connectivity index (χ3n) is 5.71. The summed E-state index contributed by atoms with van der Waals surface area (Å²) >= 11 is 0. The van der Waals surface area contributed by atoms with Gasteiger partial charge in [-0.05, 0) is 73.1 Å². The number of aryl methyl sites for hydroxylation is 1. The Hall–Kier alpha value is -1.93. The van der Waals surface area contributed by atoms with Crippen LogP contribution in [0.25, 0.3) is 11.1 Å². The second-order valence-electron chi connectivity index (χ2n) is 7.49. The Bertz CT molecular complexity index is 711. The van der Waals surface area contributed by atoms with E-state index in [0.29, 0.717) is 12.2 Å². The van der Waals surface area contributed by atoms with Gasteiger partial charge in [0.05, 0.1) is 6.61 Å². The van der Waals surface area contributed by atoms with Gasteiger partial charge in [0.2, 0.25) is 0 Å². The van der Waals surface area contributed by atoms with E-state index in [2.05, 4.69) is 36.9 Å². The van der Waals surface area contributed by atoms with Gasteiger partial charge < -0.3 is 4.74 Å². The molecule has 1 aliphatic carbocycles. The van der Waals surface area contributed by atoms with Gasteiger partial charge in [-0.25, -0.2) is 4.39 Å². The zero-order valence-corrected chi connectivity index (χ0v) is 15.7. The topological polar surface area (TPSA) is 9.23 Å². The molecule has 0 radical (unpaired) electrons. The first-order chi connectivity index (χ1) is 12.7. The summed E-state index contributed by atoms with van der Waals surface area (Å²) in [7, 11) is 1.58. The molecule has 1 nitrogen and oxygen atoms in total. The van der Waals surface area contributed by atoms with Crippen molar-refractivity contribution >= 4 is 0 Å². The Morgan fingerprint density at radius 2 is 1.73 bits per heavy atom. The number of halogens is 1.